The zero-order valence-electron chi connectivity index (χ0n) is 15.4. The van der Waals surface area contributed by atoms with Gasteiger partial charge in [0.1, 0.15) is 0 Å². The molecule has 7 nitrogen and oxygen atoms in total. The Morgan fingerprint density at radius 3 is 2.46 bits per heavy atom. The smallest absolute Gasteiger partial charge is 0.321 e. The third kappa shape index (κ3) is 3.02. The molecule has 1 aromatic rings. The maximum atomic E-state index is 12.6. The van der Waals surface area contributed by atoms with E-state index < -0.39 is 17.4 Å². The molecule has 0 radical (unpaired) electrons. The number of carboxylic acid groups (broad SMARTS) is 1. The van der Waals surface area contributed by atoms with Crippen LogP contribution in [-0.2, 0) is 9.59 Å². The third-order valence-electron chi connectivity index (χ3n) is 5.91. The zero-order valence-corrected chi connectivity index (χ0v) is 15.4. The monoisotopic (exact) mass is 359 g/mol. The Balaban J connectivity index is 1.68. The van der Waals surface area contributed by atoms with Gasteiger partial charge in [0.15, 0.2) is 0 Å². The SMILES string of the molecule is Cc1ccc(NC(=O)N2CCC3(CC2)[C@@H](C(=O)O)CC(=O)N3C)c(C)c1. The lowest BCUT2D eigenvalue weighted by Crippen LogP contribution is -2.57. The van der Waals surface area contributed by atoms with Crippen molar-refractivity contribution in [2.45, 2.75) is 38.6 Å². The minimum absolute atomic E-state index is 0.0423. The van der Waals surface area contributed by atoms with Crippen LogP contribution in [0.3, 0.4) is 0 Å². The molecular weight excluding hydrogens is 334 g/mol. The Labute approximate surface area is 153 Å². The van der Waals surface area contributed by atoms with Gasteiger partial charge in [-0.1, -0.05) is 17.7 Å². The number of piperidine rings is 1. The number of amides is 3. The van der Waals surface area contributed by atoms with Crippen LogP contribution in [0.2, 0.25) is 0 Å². The van der Waals surface area contributed by atoms with E-state index in [0.29, 0.717) is 25.9 Å². The lowest BCUT2D eigenvalue weighted by Gasteiger charge is -2.45. The van der Waals surface area contributed by atoms with Crippen LogP contribution in [-0.4, -0.2) is 58.5 Å². The largest absolute Gasteiger partial charge is 0.481 e. The van der Waals surface area contributed by atoms with Crippen LogP contribution < -0.4 is 5.32 Å². The number of benzene rings is 1. The topological polar surface area (TPSA) is 90.0 Å². The molecule has 1 atom stereocenters. The Kier molecular flexibility index (Phi) is 4.64. The summed E-state index contributed by atoms with van der Waals surface area (Å²) in [6, 6.07) is 5.66. The van der Waals surface area contributed by atoms with Gasteiger partial charge in [0.25, 0.3) is 0 Å². The second-order valence-corrected chi connectivity index (χ2v) is 7.39. The summed E-state index contributed by atoms with van der Waals surface area (Å²) in [4.78, 5) is 39.5. The van der Waals surface area contributed by atoms with E-state index in [1.807, 2.05) is 32.0 Å². The standard InChI is InChI=1S/C19H25N3O4/c1-12-4-5-15(13(2)10-12)20-18(26)22-8-6-19(7-9-22)14(17(24)25)11-16(23)21(19)3/h4-5,10,14H,6-9,11H2,1-3H3,(H,20,26)(H,24,25)/t14-/m1/s1. The molecule has 140 valence electrons. The van der Waals surface area contributed by atoms with E-state index in [0.717, 1.165) is 16.8 Å². The summed E-state index contributed by atoms with van der Waals surface area (Å²) in [6.07, 6.45) is 1.000. The highest BCUT2D eigenvalue weighted by atomic mass is 16.4. The first-order chi connectivity index (χ1) is 12.2. The molecule has 2 aliphatic rings. The summed E-state index contributed by atoms with van der Waals surface area (Å²) in [5.41, 5.74) is 2.23. The average Bonchev–Trinajstić information content (AvgIpc) is 2.83. The van der Waals surface area contributed by atoms with E-state index in [2.05, 4.69) is 5.32 Å². The number of rotatable bonds is 2. The van der Waals surface area contributed by atoms with Gasteiger partial charge in [-0.25, -0.2) is 4.79 Å². The summed E-state index contributed by atoms with van der Waals surface area (Å²) in [7, 11) is 1.68. The number of nitrogens with one attached hydrogen (secondary N) is 1. The van der Waals surface area contributed by atoms with Crippen LogP contribution in [0, 0.1) is 19.8 Å². The molecule has 2 fully saturated rings. The second-order valence-electron chi connectivity index (χ2n) is 7.39. The molecule has 0 bridgehead atoms. The molecule has 7 heteroatoms. The molecule has 2 aliphatic heterocycles. The number of aryl methyl sites for hydroxylation is 2. The lowest BCUT2D eigenvalue weighted by atomic mass is 9.77. The highest BCUT2D eigenvalue weighted by molar-refractivity contribution is 5.91. The number of carboxylic acids is 1. The van der Waals surface area contributed by atoms with Crippen LogP contribution in [0.5, 0.6) is 0 Å². The van der Waals surface area contributed by atoms with Gasteiger partial charge in [0.05, 0.1) is 11.5 Å². The predicted octanol–water partition coefficient (Wildman–Crippen LogP) is 2.23. The molecule has 26 heavy (non-hydrogen) atoms. The van der Waals surface area contributed by atoms with E-state index in [9.17, 15) is 19.5 Å². The maximum absolute atomic E-state index is 12.6. The number of carbonyl (C=O) groups is 3. The quantitative estimate of drug-likeness (QED) is 0.847. The molecule has 1 spiro atoms. The highest BCUT2D eigenvalue weighted by Gasteiger charge is 2.55. The number of urea groups is 1. The first kappa shape index (κ1) is 18.2. The van der Waals surface area contributed by atoms with Crippen molar-refractivity contribution in [2.24, 2.45) is 5.92 Å². The maximum Gasteiger partial charge on any atom is 0.321 e. The molecule has 3 rings (SSSR count). The van der Waals surface area contributed by atoms with Crippen molar-refractivity contribution in [2.75, 3.05) is 25.5 Å². The Morgan fingerprint density at radius 2 is 1.88 bits per heavy atom. The molecule has 0 aromatic heterocycles. The minimum Gasteiger partial charge on any atom is -0.481 e. The predicted molar refractivity (Wildman–Crippen MR) is 97.0 cm³/mol. The Morgan fingerprint density at radius 1 is 1.23 bits per heavy atom. The van der Waals surface area contributed by atoms with E-state index in [-0.39, 0.29) is 18.4 Å². The highest BCUT2D eigenvalue weighted by Crippen LogP contribution is 2.42. The molecule has 3 amide bonds. The van der Waals surface area contributed by atoms with Gasteiger partial charge in [-0.05, 0) is 38.3 Å². The number of carbonyl (C=O) groups excluding carboxylic acids is 2. The lowest BCUT2D eigenvalue weighted by molar-refractivity contribution is -0.145. The fraction of sp³-hybridized carbons (Fsp3) is 0.526. The van der Waals surface area contributed by atoms with Crippen molar-refractivity contribution in [1.82, 2.24) is 9.80 Å². The van der Waals surface area contributed by atoms with Gasteiger partial charge in [0, 0.05) is 32.2 Å². The van der Waals surface area contributed by atoms with Gasteiger partial charge in [-0.2, -0.15) is 0 Å². The summed E-state index contributed by atoms with van der Waals surface area (Å²) >= 11 is 0. The van der Waals surface area contributed by atoms with E-state index in [4.69, 9.17) is 0 Å². The number of nitrogens with zero attached hydrogens (tertiary/aromatic N) is 2. The van der Waals surface area contributed by atoms with Crippen LogP contribution >= 0.6 is 0 Å². The fourth-order valence-electron chi connectivity index (χ4n) is 4.23. The fourth-order valence-corrected chi connectivity index (χ4v) is 4.23. The number of aliphatic carboxylic acids is 1. The van der Waals surface area contributed by atoms with Crippen molar-refractivity contribution in [3.05, 3.63) is 29.3 Å². The van der Waals surface area contributed by atoms with E-state index in [1.165, 1.54) is 0 Å². The van der Waals surface area contributed by atoms with Crippen molar-refractivity contribution in [3.63, 3.8) is 0 Å². The summed E-state index contributed by atoms with van der Waals surface area (Å²) in [5, 5.41) is 12.4. The van der Waals surface area contributed by atoms with Crippen molar-refractivity contribution >= 4 is 23.6 Å². The van der Waals surface area contributed by atoms with Crippen molar-refractivity contribution < 1.29 is 19.5 Å². The Bertz CT molecular complexity index is 753. The first-order valence-electron chi connectivity index (χ1n) is 8.87. The van der Waals surface area contributed by atoms with Crippen LogP contribution in [0.1, 0.15) is 30.4 Å². The zero-order chi connectivity index (χ0) is 19.1. The van der Waals surface area contributed by atoms with Crippen LogP contribution in [0.4, 0.5) is 10.5 Å². The van der Waals surface area contributed by atoms with E-state index >= 15 is 0 Å². The molecule has 1 aromatic carbocycles. The van der Waals surface area contributed by atoms with Crippen molar-refractivity contribution in [1.29, 1.82) is 0 Å². The molecule has 0 saturated carbocycles. The molecule has 0 aliphatic carbocycles. The molecule has 2 saturated heterocycles. The number of hydrogen-bond donors (Lipinski definition) is 2. The van der Waals surface area contributed by atoms with Gasteiger partial charge in [-0.3, -0.25) is 9.59 Å². The van der Waals surface area contributed by atoms with Crippen LogP contribution in [0.15, 0.2) is 18.2 Å². The first-order valence-corrected chi connectivity index (χ1v) is 8.87. The van der Waals surface area contributed by atoms with Gasteiger partial charge < -0.3 is 20.2 Å². The number of anilines is 1. The minimum atomic E-state index is -0.934. The Hall–Kier alpha value is -2.57. The van der Waals surface area contributed by atoms with Gasteiger partial charge >= 0.3 is 12.0 Å². The number of hydrogen-bond acceptors (Lipinski definition) is 3. The third-order valence-corrected chi connectivity index (χ3v) is 5.91. The van der Waals surface area contributed by atoms with Crippen LogP contribution in [0.25, 0.3) is 0 Å². The normalized spacial score (nSPS) is 22.0. The molecule has 0 unspecified atom stereocenters. The molecule has 2 heterocycles. The van der Waals surface area contributed by atoms with E-state index in [1.54, 1.807) is 16.8 Å². The molecule has 2 N–H and O–H groups in total. The average molecular weight is 359 g/mol. The second kappa shape index (κ2) is 6.63. The summed E-state index contributed by atoms with van der Waals surface area (Å²) in [6.45, 7) is 4.81. The number of likely N-dealkylation sites (tertiary alicyclic amines) is 2. The van der Waals surface area contributed by atoms with Crippen molar-refractivity contribution in [3.8, 4) is 0 Å². The summed E-state index contributed by atoms with van der Waals surface area (Å²) in [5.74, 6) is -1.77. The molecular formula is C19H25N3O4. The van der Waals surface area contributed by atoms with Gasteiger partial charge in [0.2, 0.25) is 5.91 Å². The summed E-state index contributed by atoms with van der Waals surface area (Å²) < 4.78 is 0. The van der Waals surface area contributed by atoms with Gasteiger partial charge in [-0.15, -0.1) is 0 Å².